The largest absolute Gasteiger partial charge is 0.481 e. The number of ether oxygens (including phenoxy) is 2. The Hall–Kier alpha value is -1.24. The third-order valence-corrected chi connectivity index (χ3v) is 10.4. The SMILES string of the molecule is CCN1C[C@H](OC[C@@]23C[C@@H]4[C@H](C)CC[C@H]4[C@]4(C=O)C[C@@H]2C=C(C(C)C)[C@@]34C(=O)O)O[C@H](C)C1. The highest BCUT2D eigenvalue weighted by Crippen LogP contribution is 2.82. The minimum absolute atomic E-state index is 0.0669. The van der Waals surface area contributed by atoms with E-state index in [0.717, 1.165) is 44.2 Å². The van der Waals surface area contributed by atoms with Gasteiger partial charge in [0.1, 0.15) is 11.7 Å². The Kier molecular flexibility index (Phi) is 5.62. The van der Waals surface area contributed by atoms with Gasteiger partial charge < -0.3 is 19.4 Å². The van der Waals surface area contributed by atoms with Crippen LogP contribution in [0.15, 0.2) is 11.6 Å². The number of hydrogen-bond donors (Lipinski definition) is 1. The minimum Gasteiger partial charge on any atom is -0.481 e. The summed E-state index contributed by atoms with van der Waals surface area (Å²) >= 11 is 0. The maximum absolute atomic E-state index is 13.5. The Labute approximate surface area is 198 Å². The number of carbonyl (C=O) groups excluding carboxylic acids is 1. The van der Waals surface area contributed by atoms with Crippen molar-refractivity contribution in [2.75, 3.05) is 26.2 Å². The van der Waals surface area contributed by atoms with Gasteiger partial charge in [-0.25, -0.2) is 0 Å². The summed E-state index contributed by atoms with van der Waals surface area (Å²) in [6, 6.07) is 0. The van der Waals surface area contributed by atoms with E-state index in [0.29, 0.717) is 31.4 Å². The number of carboxylic acids is 1. The second-order valence-corrected chi connectivity index (χ2v) is 12.0. The summed E-state index contributed by atoms with van der Waals surface area (Å²) in [5.41, 5.74) is -1.62. The first kappa shape index (κ1) is 23.5. The van der Waals surface area contributed by atoms with E-state index in [1.165, 1.54) is 0 Å². The third kappa shape index (κ3) is 2.83. The van der Waals surface area contributed by atoms with E-state index in [1.807, 2.05) is 0 Å². The first-order valence-electron chi connectivity index (χ1n) is 13.1. The van der Waals surface area contributed by atoms with Gasteiger partial charge in [0.05, 0.1) is 18.1 Å². The van der Waals surface area contributed by atoms with E-state index < -0.39 is 22.2 Å². The van der Waals surface area contributed by atoms with Gasteiger partial charge in [-0.3, -0.25) is 9.69 Å². The van der Waals surface area contributed by atoms with Crippen LogP contribution in [0.3, 0.4) is 0 Å². The molecule has 1 saturated heterocycles. The average Bonchev–Trinajstić information content (AvgIpc) is 3.34. The van der Waals surface area contributed by atoms with Gasteiger partial charge in [0.2, 0.25) is 0 Å². The molecule has 0 aromatic rings. The lowest BCUT2D eigenvalue weighted by molar-refractivity contribution is -0.235. The van der Waals surface area contributed by atoms with Crippen molar-refractivity contribution in [3.63, 3.8) is 0 Å². The van der Waals surface area contributed by atoms with Crippen LogP contribution in [0.5, 0.6) is 0 Å². The van der Waals surface area contributed by atoms with Crippen molar-refractivity contribution >= 4 is 12.3 Å². The number of carboxylic acid groups (broad SMARTS) is 1. The minimum atomic E-state index is -1.17. The molecule has 4 fully saturated rings. The molecule has 4 bridgehead atoms. The standard InChI is InChI=1S/C27H41NO5/c1-6-28-12-18(5)33-23(13-28)32-15-26-11-20-17(4)7-8-21(20)25(14-29)10-19(26)9-22(16(2)3)27(25,26)24(30)31/h9,14,16-21,23H,6-8,10-13,15H2,1-5H3,(H,30,31)/t17-,18-,19+,20-,21-,23-,25-,26+,27+/m1/s1. The molecule has 0 radical (unpaired) electrons. The first-order valence-corrected chi connectivity index (χ1v) is 13.1. The number of rotatable bonds is 7. The molecule has 0 aromatic carbocycles. The molecule has 6 nitrogen and oxygen atoms in total. The molecule has 1 heterocycles. The van der Waals surface area contributed by atoms with Crippen LogP contribution in [0.4, 0.5) is 0 Å². The summed E-state index contributed by atoms with van der Waals surface area (Å²) in [5.74, 6) is 0.391. The van der Waals surface area contributed by atoms with Crippen LogP contribution in [0.25, 0.3) is 0 Å². The van der Waals surface area contributed by atoms with E-state index in [-0.39, 0.29) is 30.1 Å². The molecule has 5 aliphatic rings. The van der Waals surface area contributed by atoms with Crippen LogP contribution in [0.1, 0.15) is 60.3 Å². The van der Waals surface area contributed by atoms with Gasteiger partial charge >= 0.3 is 5.97 Å². The molecule has 6 heteroatoms. The van der Waals surface area contributed by atoms with Crippen molar-refractivity contribution < 1.29 is 24.2 Å². The summed E-state index contributed by atoms with van der Waals surface area (Å²) in [5, 5.41) is 11.0. The summed E-state index contributed by atoms with van der Waals surface area (Å²) in [4.78, 5) is 28.9. The number of aldehydes is 1. The lowest BCUT2D eigenvalue weighted by atomic mass is 9.43. The van der Waals surface area contributed by atoms with E-state index in [9.17, 15) is 14.7 Å². The van der Waals surface area contributed by atoms with Gasteiger partial charge in [-0.05, 0) is 62.3 Å². The highest BCUT2D eigenvalue weighted by atomic mass is 16.7. The van der Waals surface area contributed by atoms with Crippen LogP contribution in [-0.4, -0.2) is 60.9 Å². The molecular weight excluding hydrogens is 418 g/mol. The number of aliphatic carboxylic acids is 1. The smallest absolute Gasteiger partial charge is 0.315 e. The summed E-state index contributed by atoms with van der Waals surface area (Å²) in [6.07, 6.45) is 6.56. The van der Waals surface area contributed by atoms with Crippen LogP contribution < -0.4 is 0 Å². The fourth-order valence-corrected chi connectivity index (χ4v) is 9.22. The Morgan fingerprint density at radius 1 is 1.30 bits per heavy atom. The van der Waals surface area contributed by atoms with Crippen LogP contribution in [0, 0.1) is 45.8 Å². The van der Waals surface area contributed by atoms with Crippen molar-refractivity contribution in [1.29, 1.82) is 0 Å². The normalized spacial score (nSPS) is 48.7. The van der Waals surface area contributed by atoms with Crippen molar-refractivity contribution in [3.8, 4) is 0 Å². The average molecular weight is 460 g/mol. The monoisotopic (exact) mass is 459 g/mol. The topological polar surface area (TPSA) is 76.1 Å². The molecule has 184 valence electrons. The maximum Gasteiger partial charge on any atom is 0.315 e. The molecule has 0 unspecified atom stereocenters. The van der Waals surface area contributed by atoms with Gasteiger partial charge in [-0.15, -0.1) is 0 Å². The van der Waals surface area contributed by atoms with Gasteiger partial charge in [0.25, 0.3) is 0 Å². The quantitative estimate of drug-likeness (QED) is 0.458. The van der Waals surface area contributed by atoms with Crippen molar-refractivity contribution in [2.24, 2.45) is 45.8 Å². The molecule has 33 heavy (non-hydrogen) atoms. The van der Waals surface area contributed by atoms with Crippen LogP contribution >= 0.6 is 0 Å². The molecule has 0 amide bonds. The molecule has 1 aliphatic heterocycles. The highest BCUT2D eigenvalue weighted by molar-refractivity contribution is 5.90. The lowest BCUT2D eigenvalue weighted by Gasteiger charge is -2.58. The first-order chi connectivity index (χ1) is 15.7. The van der Waals surface area contributed by atoms with E-state index in [2.05, 4.69) is 45.6 Å². The Bertz CT molecular complexity index is 855. The Morgan fingerprint density at radius 2 is 2.06 bits per heavy atom. The zero-order chi connectivity index (χ0) is 23.8. The molecule has 0 spiro atoms. The number of fused-ring (bicyclic) bond motifs is 2. The number of nitrogens with zero attached hydrogens (tertiary/aromatic N) is 1. The van der Waals surface area contributed by atoms with Crippen LogP contribution in [-0.2, 0) is 19.1 Å². The second-order valence-electron chi connectivity index (χ2n) is 12.0. The number of allylic oxidation sites excluding steroid dienone is 1. The fourth-order valence-electron chi connectivity index (χ4n) is 9.22. The Balaban J connectivity index is 1.58. The number of hydrogen-bond acceptors (Lipinski definition) is 5. The summed E-state index contributed by atoms with van der Waals surface area (Å²) in [6.45, 7) is 13.5. The van der Waals surface area contributed by atoms with Crippen molar-refractivity contribution in [3.05, 3.63) is 11.6 Å². The zero-order valence-corrected chi connectivity index (χ0v) is 20.9. The molecule has 3 saturated carbocycles. The predicted octanol–water partition coefficient (Wildman–Crippen LogP) is 3.99. The summed E-state index contributed by atoms with van der Waals surface area (Å²) < 4.78 is 12.7. The second kappa shape index (κ2) is 7.89. The molecule has 4 aliphatic carbocycles. The number of carbonyl (C=O) groups is 2. The molecule has 9 atom stereocenters. The van der Waals surface area contributed by atoms with Crippen molar-refractivity contribution in [1.82, 2.24) is 4.90 Å². The zero-order valence-electron chi connectivity index (χ0n) is 20.9. The predicted molar refractivity (Wildman–Crippen MR) is 124 cm³/mol. The van der Waals surface area contributed by atoms with Gasteiger partial charge in [-0.2, -0.15) is 0 Å². The van der Waals surface area contributed by atoms with E-state index in [1.54, 1.807) is 0 Å². The molecular formula is C27H41NO5. The van der Waals surface area contributed by atoms with Crippen molar-refractivity contribution in [2.45, 2.75) is 72.7 Å². The Morgan fingerprint density at radius 3 is 2.70 bits per heavy atom. The maximum atomic E-state index is 13.5. The molecule has 0 aromatic heterocycles. The molecule has 5 rings (SSSR count). The fraction of sp³-hybridized carbons (Fsp3) is 0.852. The molecule has 1 N–H and O–H groups in total. The van der Waals surface area contributed by atoms with Gasteiger partial charge in [0.15, 0.2) is 6.29 Å². The van der Waals surface area contributed by atoms with Crippen LogP contribution in [0.2, 0.25) is 0 Å². The third-order valence-electron chi connectivity index (χ3n) is 10.4. The number of morpholine rings is 1. The van der Waals surface area contributed by atoms with Gasteiger partial charge in [0, 0.05) is 18.5 Å². The number of likely N-dealkylation sites (N-methyl/N-ethyl adjacent to an activating group) is 1. The van der Waals surface area contributed by atoms with E-state index >= 15 is 0 Å². The summed E-state index contributed by atoms with van der Waals surface area (Å²) in [7, 11) is 0. The lowest BCUT2D eigenvalue weighted by Crippen LogP contribution is -2.64. The van der Waals surface area contributed by atoms with E-state index in [4.69, 9.17) is 9.47 Å². The highest BCUT2D eigenvalue weighted by Gasteiger charge is 2.84. The van der Waals surface area contributed by atoms with Gasteiger partial charge in [-0.1, -0.05) is 45.8 Å².